The number of carbonyl (C=O) groups is 1. The van der Waals surface area contributed by atoms with Gasteiger partial charge in [0.25, 0.3) is 0 Å². The fourth-order valence-electron chi connectivity index (χ4n) is 2.31. The van der Waals surface area contributed by atoms with Crippen molar-refractivity contribution in [3.05, 3.63) is 35.4 Å². The van der Waals surface area contributed by atoms with Gasteiger partial charge in [0.1, 0.15) is 5.60 Å². The van der Waals surface area contributed by atoms with Crippen molar-refractivity contribution in [2.24, 2.45) is 0 Å². The second-order valence-corrected chi connectivity index (χ2v) is 5.30. The van der Waals surface area contributed by atoms with Gasteiger partial charge in [-0.3, -0.25) is 0 Å². The highest BCUT2D eigenvalue weighted by molar-refractivity contribution is 5.89. The molecule has 0 aromatic heterocycles. The molecule has 0 aliphatic carbocycles. The third kappa shape index (κ3) is 5.14. The molecule has 4 nitrogen and oxygen atoms in total. The van der Waals surface area contributed by atoms with Crippen molar-refractivity contribution in [2.45, 2.75) is 51.6 Å². The van der Waals surface area contributed by atoms with Crippen molar-refractivity contribution < 1.29 is 19.7 Å². The average Bonchev–Trinajstić information content (AvgIpc) is 2.51. The van der Waals surface area contributed by atoms with Crippen molar-refractivity contribution in [3.8, 4) is 0 Å². The molecule has 0 spiro atoms. The molecular formula is C17H26O4. The first kappa shape index (κ1) is 17.7. The Kier molecular flexibility index (Phi) is 7.40. The molecule has 0 saturated carbocycles. The normalized spacial score (nSPS) is 13.7. The van der Waals surface area contributed by atoms with Crippen LogP contribution in [0, 0.1) is 0 Å². The smallest absolute Gasteiger partial charge is 0.338 e. The van der Waals surface area contributed by atoms with Crippen molar-refractivity contribution in [3.63, 3.8) is 0 Å². The molecule has 0 saturated heterocycles. The lowest BCUT2D eigenvalue weighted by atomic mass is 9.88. The predicted molar refractivity (Wildman–Crippen MR) is 82.1 cm³/mol. The van der Waals surface area contributed by atoms with E-state index in [0.717, 1.165) is 25.7 Å². The van der Waals surface area contributed by atoms with Crippen LogP contribution in [0.3, 0.4) is 0 Å². The highest BCUT2D eigenvalue weighted by Gasteiger charge is 2.28. The third-order valence-electron chi connectivity index (χ3n) is 3.62. The van der Waals surface area contributed by atoms with Crippen LogP contribution in [0.4, 0.5) is 0 Å². The molecule has 1 atom stereocenters. The fourth-order valence-corrected chi connectivity index (χ4v) is 2.31. The Hall–Kier alpha value is -1.39. The van der Waals surface area contributed by atoms with Gasteiger partial charge in [-0.2, -0.15) is 0 Å². The van der Waals surface area contributed by atoms with E-state index >= 15 is 0 Å². The number of carbonyl (C=O) groups excluding carboxylic acids is 1. The summed E-state index contributed by atoms with van der Waals surface area (Å²) in [6, 6.07) is 6.69. The number of aliphatic hydroxyl groups is 2. The van der Waals surface area contributed by atoms with E-state index in [4.69, 9.17) is 4.74 Å². The molecule has 1 rings (SSSR count). The summed E-state index contributed by atoms with van der Waals surface area (Å²) in [6.45, 7) is 3.83. The number of esters is 1. The van der Waals surface area contributed by atoms with Gasteiger partial charge >= 0.3 is 5.97 Å². The highest BCUT2D eigenvalue weighted by atomic mass is 16.5. The van der Waals surface area contributed by atoms with Crippen LogP contribution in [0.15, 0.2) is 24.3 Å². The quantitative estimate of drug-likeness (QED) is 0.543. The van der Waals surface area contributed by atoms with Crippen molar-refractivity contribution in [1.29, 1.82) is 0 Å². The molecule has 1 aromatic carbocycles. The zero-order chi connectivity index (χ0) is 15.7. The number of hydrogen-bond acceptors (Lipinski definition) is 4. The van der Waals surface area contributed by atoms with Gasteiger partial charge in [0.05, 0.1) is 18.8 Å². The minimum Gasteiger partial charge on any atom is -0.462 e. The molecule has 0 fully saturated rings. The third-order valence-corrected chi connectivity index (χ3v) is 3.62. The lowest BCUT2D eigenvalue weighted by Gasteiger charge is -2.27. The zero-order valence-corrected chi connectivity index (χ0v) is 13.0. The maximum absolute atomic E-state index is 11.7. The number of ether oxygens (including phenoxy) is 1. The average molecular weight is 294 g/mol. The first-order valence-corrected chi connectivity index (χ1v) is 7.68. The van der Waals surface area contributed by atoms with Crippen molar-refractivity contribution in [2.75, 3.05) is 13.2 Å². The topological polar surface area (TPSA) is 66.8 Å². The Balaban J connectivity index is 2.84. The highest BCUT2D eigenvalue weighted by Crippen LogP contribution is 2.28. The Bertz CT molecular complexity index is 444. The molecule has 0 bridgehead atoms. The molecule has 0 heterocycles. The SMILES string of the molecule is CCCCCC[C@](O)(CO)c1cccc(C(=O)OCC)c1. The number of aliphatic hydroxyl groups excluding tert-OH is 1. The maximum Gasteiger partial charge on any atom is 0.338 e. The first-order chi connectivity index (χ1) is 10.1. The fraction of sp³-hybridized carbons (Fsp3) is 0.588. The molecule has 0 radical (unpaired) electrons. The molecule has 0 unspecified atom stereocenters. The van der Waals surface area contributed by atoms with Crippen LogP contribution in [0.2, 0.25) is 0 Å². The molecule has 4 heteroatoms. The molecule has 21 heavy (non-hydrogen) atoms. The summed E-state index contributed by atoms with van der Waals surface area (Å²) in [4.78, 5) is 11.7. The lowest BCUT2D eigenvalue weighted by Crippen LogP contribution is -2.30. The second-order valence-electron chi connectivity index (χ2n) is 5.30. The van der Waals surface area contributed by atoms with E-state index in [1.807, 2.05) is 0 Å². The molecule has 2 N–H and O–H groups in total. The predicted octanol–water partition coefficient (Wildman–Crippen LogP) is 3.01. The lowest BCUT2D eigenvalue weighted by molar-refractivity contribution is -0.0281. The van der Waals surface area contributed by atoms with Crippen LogP contribution in [0.5, 0.6) is 0 Å². The van der Waals surface area contributed by atoms with Gasteiger partial charge in [-0.1, -0.05) is 44.7 Å². The molecular weight excluding hydrogens is 268 g/mol. The Morgan fingerprint density at radius 1 is 1.24 bits per heavy atom. The van der Waals surface area contributed by atoms with Gasteiger partial charge in [-0.25, -0.2) is 4.79 Å². The zero-order valence-electron chi connectivity index (χ0n) is 13.0. The van der Waals surface area contributed by atoms with Gasteiger partial charge in [0, 0.05) is 0 Å². The summed E-state index contributed by atoms with van der Waals surface area (Å²) in [5.74, 6) is -0.411. The summed E-state index contributed by atoms with van der Waals surface area (Å²) >= 11 is 0. The van der Waals surface area contributed by atoms with Gasteiger partial charge in [-0.15, -0.1) is 0 Å². The first-order valence-electron chi connectivity index (χ1n) is 7.68. The summed E-state index contributed by atoms with van der Waals surface area (Å²) in [7, 11) is 0. The number of rotatable bonds is 9. The Morgan fingerprint density at radius 3 is 2.62 bits per heavy atom. The molecule has 0 aliphatic rings. The number of unbranched alkanes of at least 4 members (excludes halogenated alkanes) is 3. The van der Waals surface area contributed by atoms with E-state index in [1.54, 1.807) is 31.2 Å². The summed E-state index contributed by atoms with van der Waals surface area (Å²) < 4.78 is 4.96. The van der Waals surface area contributed by atoms with Crippen molar-refractivity contribution in [1.82, 2.24) is 0 Å². The monoisotopic (exact) mass is 294 g/mol. The van der Waals surface area contributed by atoms with Crippen LogP contribution >= 0.6 is 0 Å². The second kappa shape index (κ2) is 8.80. The van der Waals surface area contributed by atoms with Crippen LogP contribution in [-0.2, 0) is 10.3 Å². The van der Waals surface area contributed by atoms with Crippen LogP contribution in [0.25, 0.3) is 0 Å². The van der Waals surface area contributed by atoms with Crippen LogP contribution in [-0.4, -0.2) is 29.4 Å². The molecule has 1 aromatic rings. The van der Waals surface area contributed by atoms with Crippen molar-refractivity contribution >= 4 is 5.97 Å². The standard InChI is InChI=1S/C17H26O4/c1-3-5-6-7-11-17(20,13-18)15-10-8-9-14(12-15)16(19)21-4-2/h8-10,12,18,20H,3-7,11,13H2,1-2H3/t17-/m0/s1. The molecule has 0 amide bonds. The Morgan fingerprint density at radius 2 is 2.00 bits per heavy atom. The molecule has 118 valence electrons. The minimum atomic E-state index is -1.30. The van der Waals surface area contributed by atoms with E-state index in [9.17, 15) is 15.0 Å². The summed E-state index contributed by atoms with van der Waals surface area (Å²) in [5, 5.41) is 20.2. The van der Waals surface area contributed by atoms with Gasteiger partial charge < -0.3 is 14.9 Å². The van der Waals surface area contributed by atoms with E-state index in [-0.39, 0.29) is 6.61 Å². The number of hydrogen-bond donors (Lipinski definition) is 2. The largest absolute Gasteiger partial charge is 0.462 e. The summed E-state index contributed by atoms with van der Waals surface area (Å²) in [5.41, 5.74) is -0.335. The van der Waals surface area contributed by atoms with Gasteiger partial charge in [-0.05, 0) is 31.0 Å². The van der Waals surface area contributed by atoms with Crippen LogP contribution in [0.1, 0.15) is 61.9 Å². The van der Waals surface area contributed by atoms with E-state index in [0.29, 0.717) is 24.2 Å². The van der Waals surface area contributed by atoms with E-state index in [1.165, 1.54) is 0 Å². The van der Waals surface area contributed by atoms with Gasteiger partial charge in [0.2, 0.25) is 0 Å². The van der Waals surface area contributed by atoms with Gasteiger partial charge in [0.15, 0.2) is 0 Å². The molecule has 0 aliphatic heterocycles. The minimum absolute atomic E-state index is 0.310. The van der Waals surface area contributed by atoms with E-state index < -0.39 is 11.6 Å². The Labute approximate surface area is 126 Å². The maximum atomic E-state index is 11.7. The van der Waals surface area contributed by atoms with E-state index in [2.05, 4.69) is 6.92 Å². The van der Waals surface area contributed by atoms with Crippen LogP contribution < -0.4 is 0 Å². The number of benzene rings is 1. The summed E-state index contributed by atoms with van der Waals surface area (Å²) in [6.07, 6.45) is 4.58.